The second-order valence-corrected chi connectivity index (χ2v) is 2.71. The zero-order valence-corrected chi connectivity index (χ0v) is 9.08. The number of hydrogen-bond acceptors (Lipinski definition) is 7. The molecular weight excluding hydrogens is 249 g/mol. The van der Waals surface area contributed by atoms with E-state index in [1.54, 1.807) is 0 Å². The van der Waals surface area contributed by atoms with E-state index in [0.29, 0.717) is 0 Å². The molecule has 0 aromatic rings. The van der Waals surface area contributed by atoms with E-state index in [4.69, 9.17) is 0 Å². The van der Waals surface area contributed by atoms with Gasteiger partial charge in [-0.25, -0.2) is 0 Å². The third kappa shape index (κ3) is 6.41. The number of hydrazone groups is 2. The number of nitrogens with zero attached hydrogens (tertiary/aromatic N) is 6. The lowest BCUT2D eigenvalue weighted by Crippen LogP contribution is -2.22. The quantitative estimate of drug-likeness (QED) is 0.134. The Morgan fingerprint density at radius 3 is 2.50 bits per heavy atom. The van der Waals surface area contributed by atoms with Crippen LogP contribution in [0.25, 0.3) is 0 Å². The molecule has 0 atom stereocenters. The molecule has 0 amide bonds. The maximum atomic E-state index is 11.9. The van der Waals surface area contributed by atoms with Gasteiger partial charge in [-0.15, -0.1) is 5.11 Å². The van der Waals surface area contributed by atoms with Crippen LogP contribution in [0.15, 0.2) is 30.5 Å². The first-order valence-electron chi connectivity index (χ1n) is 3.48. The lowest BCUT2D eigenvalue weighted by molar-refractivity contribution is -0.0606. The normalized spacial score (nSPS) is 15.1. The third-order valence-corrected chi connectivity index (χ3v) is 1.39. The molecule has 0 saturated heterocycles. The fourth-order valence-corrected chi connectivity index (χ4v) is 0.675. The van der Waals surface area contributed by atoms with E-state index in [-0.39, 0.29) is 0 Å². The van der Waals surface area contributed by atoms with Crippen molar-refractivity contribution in [1.82, 2.24) is 0 Å². The summed E-state index contributed by atoms with van der Waals surface area (Å²) < 4.78 is 43.4. The second-order valence-electron chi connectivity index (χ2n) is 1.91. The summed E-state index contributed by atoms with van der Waals surface area (Å²) in [5.41, 5.74) is 0. The molecule has 0 saturated carbocycles. The van der Waals surface area contributed by atoms with Gasteiger partial charge in [0.15, 0.2) is 6.34 Å². The molecule has 0 aliphatic carbocycles. The summed E-state index contributed by atoms with van der Waals surface area (Å²) in [5.74, 6) is 7.50. The Hall–Kier alpha value is -2.05. The molecule has 16 heavy (non-hydrogen) atoms. The van der Waals surface area contributed by atoms with Gasteiger partial charge in [-0.05, 0) is 0 Å². The highest BCUT2D eigenvalue weighted by molar-refractivity contribution is 6.24. The Balaban J connectivity index is 4.01. The fraction of sp³-hybridized carbons (Fsp3) is 0.333. The van der Waals surface area contributed by atoms with Gasteiger partial charge in [-0.3, -0.25) is 0 Å². The van der Waals surface area contributed by atoms with Gasteiger partial charge < -0.3 is 16.2 Å². The first-order valence-corrected chi connectivity index (χ1v) is 4.69. The Bertz CT molecular complexity index is 310. The molecule has 0 bridgehead atoms. The van der Waals surface area contributed by atoms with Crippen LogP contribution >= 0.6 is 0 Å². The van der Waals surface area contributed by atoms with Crippen molar-refractivity contribution in [1.29, 1.82) is 0 Å². The highest BCUT2D eigenvalue weighted by atomic mass is 28.2. The molecule has 0 aromatic carbocycles. The van der Waals surface area contributed by atoms with Crippen LogP contribution in [0.5, 0.6) is 0 Å². The van der Waals surface area contributed by atoms with Gasteiger partial charge in [0, 0.05) is 5.28 Å². The Morgan fingerprint density at radius 2 is 2.00 bits per heavy atom. The standard InChI is InChI=1S/C3H7F3N8OSi/c4-3(5,6)2(11-8)12-13-15-16-14-10-1-9-7/h1H,7-8,16H2. The number of hydrogen-bond donors (Lipinski definition) is 2. The summed E-state index contributed by atoms with van der Waals surface area (Å²) in [5, 5.41) is 13.9. The molecule has 0 unspecified atom stereocenters. The molecule has 0 aliphatic rings. The van der Waals surface area contributed by atoms with Gasteiger partial charge in [0.05, 0.1) is 0 Å². The third-order valence-electron chi connectivity index (χ3n) is 0.885. The molecule has 4 N–H and O–H groups in total. The maximum Gasteiger partial charge on any atom is 0.455 e. The van der Waals surface area contributed by atoms with Gasteiger partial charge in [0.2, 0.25) is 0 Å². The van der Waals surface area contributed by atoms with Gasteiger partial charge in [-0.1, -0.05) is 5.11 Å². The molecule has 0 radical (unpaired) electrons. The van der Waals surface area contributed by atoms with Crippen LogP contribution in [0.2, 0.25) is 0 Å². The number of halogens is 3. The van der Waals surface area contributed by atoms with E-state index >= 15 is 0 Å². The monoisotopic (exact) mass is 256 g/mol. The van der Waals surface area contributed by atoms with Crippen molar-refractivity contribution in [3.63, 3.8) is 0 Å². The largest absolute Gasteiger partial charge is 0.455 e. The van der Waals surface area contributed by atoms with Crippen LogP contribution in [0.3, 0.4) is 0 Å². The van der Waals surface area contributed by atoms with E-state index < -0.39 is 21.9 Å². The average molecular weight is 256 g/mol. The highest BCUT2D eigenvalue weighted by Gasteiger charge is 2.36. The van der Waals surface area contributed by atoms with E-state index in [1.165, 1.54) is 0 Å². The number of alkyl halides is 3. The second kappa shape index (κ2) is 7.27. The van der Waals surface area contributed by atoms with Crippen molar-refractivity contribution in [2.75, 3.05) is 0 Å². The minimum absolute atomic E-state index is 0.927. The van der Waals surface area contributed by atoms with Gasteiger partial charge in [0.1, 0.15) is 0 Å². The van der Waals surface area contributed by atoms with Gasteiger partial charge in [0.25, 0.3) is 5.84 Å². The van der Waals surface area contributed by atoms with Crippen LogP contribution in [0.1, 0.15) is 0 Å². The minimum atomic E-state index is -4.78. The van der Waals surface area contributed by atoms with Crippen molar-refractivity contribution < 1.29 is 17.7 Å². The SMILES string of the molecule is NN=CN=N[SiH2]ON=NC(=NN)C(F)(F)F. The Labute approximate surface area is 89.1 Å². The molecule has 0 aliphatic heterocycles. The zero-order chi connectivity index (χ0) is 12.4. The molecule has 0 spiro atoms. The molecule has 13 heteroatoms. The average Bonchev–Trinajstić information content (AvgIpc) is 2.20. The van der Waals surface area contributed by atoms with Gasteiger partial charge >= 0.3 is 16.1 Å². The molecule has 0 rings (SSSR count). The number of rotatable bonds is 4. The molecule has 0 aromatic heterocycles. The summed E-state index contributed by atoms with van der Waals surface area (Å²) in [7, 11) is -1.62. The van der Waals surface area contributed by atoms with Crippen molar-refractivity contribution in [2.24, 2.45) is 42.2 Å². The first kappa shape index (κ1) is 13.9. The van der Waals surface area contributed by atoms with Crippen LogP contribution in [-0.4, -0.2) is 28.3 Å². The summed E-state index contributed by atoms with van der Waals surface area (Å²) in [6.45, 7) is 0. The summed E-state index contributed by atoms with van der Waals surface area (Å²) in [4.78, 5) is 0. The van der Waals surface area contributed by atoms with E-state index in [1.807, 2.05) is 0 Å². The smallest absolute Gasteiger partial charge is 0.417 e. The molecule has 9 nitrogen and oxygen atoms in total. The van der Waals surface area contributed by atoms with Gasteiger partial charge in [-0.2, -0.15) is 28.2 Å². The lowest BCUT2D eigenvalue weighted by atomic mass is 10.6. The topological polar surface area (TPSA) is 135 Å². The highest BCUT2D eigenvalue weighted by Crippen LogP contribution is 2.17. The molecule has 0 heterocycles. The van der Waals surface area contributed by atoms with E-state index in [9.17, 15) is 13.2 Å². The molecule has 0 fully saturated rings. The summed E-state index contributed by atoms with van der Waals surface area (Å²) in [6, 6.07) is 0. The summed E-state index contributed by atoms with van der Waals surface area (Å²) >= 11 is 0. The predicted octanol–water partition coefficient (Wildman–Crippen LogP) is -0.442. The van der Waals surface area contributed by atoms with Crippen molar-refractivity contribution >= 4 is 22.1 Å². The van der Waals surface area contributed by atoms with Crippen molar-refractivity contribution in [2.45, 2.75) is 6.18 Å². The van der Waals surface area contributed by atoms with Crippen LogP contribution in [0.4, 0.5) is 13.2 Å². The maximum absolute atomic E-state index is 11.9. The predicted molar refractivity (Wildman–Crippen MR) is 49.7 cm³/mol. The van der Waals surface area contributed by atoms with Crippen LogP contribution in [-0.2, 0) is 4.53 Å². The van der Waals surface area contributed by atoms with Crippen LogP contribution in [0, 0.1) is 0 Å². The number of amidine groups is 1. The summed E-state index contributed by atoms with van der Waals surface area (Å²) in [6.07, 6.45) is -3.85. The Kier molecular flexibility index (Phi) is 6.33. The fourth-order valence-electron chi connectivity index (χ4n) is 0.375. The van der Waals surface area contributed by atoms with Crippen LogP contribution < -0.4 is 11.7 Å². The van der Waals surface area contributed by atoms with Crippen molar-refractivity contribution in [3.05, 3.63) is 0 Å². The van der Waals surface area contributed by atoms with Crippen molar-refractivity contribution in [3.8, 4) is 0 Å². The number of nitrogens with two attached hydrogens (primary N) is 2. The van der Waals surface area contributed by atoms with E-state index in [2.05, 4.69) is 46.7 Å². The first-order chi connectivity index (χ1) is 7.52. The lowest BCUT2D eigenvalue weighted by Gasteiger charge is -2.01. The minimum Gasteiger partial charge on any atom is -0.417 e. The Morgan fingerprint density at radius 1 is 1.31 bits per heavy atom. The molecular formula is C3H7F3N8OSi. The zero-order valence-electron chi connectivity index (χ0n) is 7.66. The molecule has 90 valence electrons. The van der Waals surface area contributed by atoms with E-state index in [0.717, 1.165) is 6.34 Å².